The van der Waals surface area contributed by atoms with Crippen molar-refractivity contribution in [3.8, 4) is 0 Å². The molecule has 0 bridgehead atoms. The minimum Gasteiger partial charge on any atom is -0.463 e. The number of alkyl halides is 3. The van der Waals surface area contributed by atoms with Crippen molar-refractivity contribution in [2.24, 2.45) is 5.73 Å². The third-order valence-electron chi connectivity index (χ3n) is 3.31. The number of rotatable bonds is 5. The van der Waals surface area contributed by atoms with E-state index in [0.29, 0.717) is 5.56 Å². The first-order chi connectivity index (χ1) is 12.6. The summed E-state index contributed by atoms with van der Waals surface area (Å²) in [6, 6.07) is 4.23. The van der Waals surface area contributed by atoms with E-state index in [4.69, 9.17) is 10.5 Å². The van der Waals surface area contributed by atoms with E-state index in [0.717, 1.165) is 34.1 Å². The summed E-state index contributed by atoms with van der Waals surface area (Å²) in [5.41, 5.74) is 4.09. The molecule has 0 aliphatic rings. The average Bonchev–Trinajstić information content (AvgIpc) is 2.83. The monoisotopic (exact) mass is 400 g/mol. The summed E-state index contributed by atoms with van der Waals surface area (Å²) in [6.07, 6.45) is -2.03. The van der Waals surface area contributed by atoms with Crippen LogP contribution in [0.15, 0.2) is 29.1 Å². The molecule has 0 aliphatic carbocycles. The van der Waals surface area contributed by atoms with Gasteiger partial charge in [0, 0.05) is 0 Å². The predicted octanol–water partition coefficient (Wildman–Crippen LogP) is 0.586. The second kappa shape index (κ2) is 8.21. The lowest BCUT2D eigenvalue weighted by molar-refractivity contribution is -0.137. The summed E-state index contributed by atoms with van der Waals surface area (Å²) in [5.74, 6) is -1.48. The number of aromatic nitrogens is 1. The Labute approximate surface area is 155 Å². The highest BCUT2D eigenvalue weighted by Crippen LogP contribution is 2.29. The average molecular weight is 400 g/mol. The third-order valence-corrected chi connectivity index (χ3v) is 4.37. The van der Waals surface area contributed by atoms with Crippen LogP contribution in [0.1, 0.15) is 18.1 Å². The zero-order chi connectivity index (χ0) is 20.2. The molecule has 0 saturated heterocycles. The highest BCUT2D eigenvalue weighted by molar-refractivity contribution is 7.07. The molecule has 2 rings (SSSR count). The molecule has 1 amide bonds. The standard InChI is InChI=1S/C17H15F3N2O4S/c1-2-26-15(24)8-14-22(9-13(21)23)16(25)12(27-14)7-10-3-5-11(6-4-10)17(18,19)20/h3-8H,2,9H2,1H3,(H2,21,23)/b12-7-,14-8-. The molecule has 2 N–H and O–H groups in total. The fourth-order valence-corrected chi connectivity index (χ4v) is 3.18. The van der Waals surface area contributed by atoms with Crippen molar-refractivity contribution in [1.82, 2.24) is 4.57 Å². The first kappa shape index (κ1) is 20.4. The number of amides is 1. The Balaban J connectivity index is 2.55. The number of nitrogens with zero attached hydrogens (tertiary/aromatic N) is 1. The Bertz CT molecular complexity index is 1020. The number of hydrogen-bond acceptors (Lipinski definition) is 5. The van der Waals surface area contributed by atoms with Gasteiger partial charge in [-0.1, -0.05) is 12.1 Å². The SMILES string of the molecule is CCOC(=O)/C=c1\s/c(=C\c2ccc(C(F)(F)F)cc2)c(=O)n1CC(N)=O. The van der Waals surface area contributed by atoms with Crippen LogP contribution in [0, 0.1) is 0 Å². The van der Waals surface area contributed by atoms with Crippen LogP contribution >= 0.6 is 11.3 Å². The normalized spacial score (nSPS) is 13.0. The van der Waals surface area contributed by atoms with Crippen molar-refractivity contribution in [2.75, 3.05) is 6.61 Å². The van der Waals surface area contributed by atoms with Crippen molar-refractivity contribution in [2.45, 2.75) is 19.6 Å². The molecular formula is C17H15F3N2O4S. The van der Waals surface area contributed by atoms with Crippen LogP contribution in [0.3, 0.4) is 0 Å². The third kappa shape index (κ3) is 5.30. The molecule has 0 saturated carbocycles. The highest BCUT2D eigenvalue weighted by Gasteiger charge is 2.29. The van der Waals surface area contributed by atoms with Gasteiger partial charge in [0.25, 0.3) is 5.56 Å². The fraction of sp³-hybridized carbons (Fsp3) is 0.235. The van der Waals surface area contributed by atoms with Gasteiger partial charge in [-0.3, -0.25) is 14.2 Å². The Hall–Kier alpha value is -2.88. The zero-order valence-corrected chi connectivity index (χ0v) is 14.9. The second-order valence-electron chi connectivity index (χ2n) is 5.32. The van der Waals surface area contributed by atoms with Gasteiger partial charge in [0.05, 0.1) is 22.8 Å². The number of esters is 1. The number of hydrogen-bond donors (Lipinski definition) is 1. The molecule has 0 aliphatic heterocycles. The number of halogens is 3. The minimum atomic E-state index is -4.46. The van der Waals surface area contributed by atoms with Crippen LogP contribution in [-0.2, 0) is 27.0 Å². The van der Waals surface area contributed by atoms with Gasteiger partial charge in [-0.15, -0.1) is 11.3 Å². The number of benzene rings is 1. The van der Waals surface area contributed by atoms with Crippen LogP contribution in [0.2, 0.25) is 0 Å². The van der Waals surface area contributed by atoms with Crippen LogP contribution < -0.4 is 20.5 Å². The summed E-state index contributed by atoms with van der Waals surface area (Å²) in [5, 5.41) is 0. The molecule has 2 aromatic rings. The quantitative estimate of drug-likeness (QED) is 0.744. The van der Waals surface area contributed by atoms with E-state index in [1.165, 1.54) is 18.2 Å². The van der Waals surface area contributed by atoms with Gasteiger partial charge in [-0.05, 0) is 30.7 Å². The van der Waals surface area contributed by atoms with Crippen LogP contribution in [0.25, 0.3) is 12.2 Å². The van der Waals surface area contributed by atoms with Crippen LogP contribution in [0.4, 0.5) is 13.2 Å². The molecule has 6 nitrogen and oxygen atoms in total. The van der Waals surface area contributed by atoms with E-state index in [2.05, 4.69) is 0 Å². The Morgan fingerprint density at radius 2 is 1.89 bits per heavy atom. The Morgan fingerprint density at radius 3 is 2.41 bits per heavy atom. The Morgan fingerprint density at radius 1 is 1.26 bits per heavy atom. The van der Waals surface area contributed by atoms with Gasteiger partial charge in [0.2, 0.25) is 5.91 Å². The molecule has 0 radical (unpaired) electrons. The largest absolute Gasteiger partial charge is 0.463 e. The van der Waals surface area contributed by atoms with Crippen molar-refractivity contribution in [3.05, 3.63) is 54.9 Å². The highest BCUT2D eigenvalue weighted by atomic mass is 32.1. The lowest BCUT2D eigenvalue weighted by atomic mass is 10.1. The minimum absolute atomic E-state index is 0.130. The van der Waals surface area contributed by atoms with E-state index in [9.17, 15) is 27.6 Å². The van der Waals surface area contributed by atoms with Crippen molar-refractivity contribution >= 4 is 35.4 Å². The van der Waals surface area contributed by atoms with Gasteiger partial charge in [-0.2, -0.15) is 13.2 Å². The maximum Gasteiger partial charge on any atom is 0.416 e. The van der Waals surface area contributed by atoms with Gasteiger partial charge in [0.1, 0.15) is 11.2 Å². The molecule has 27 heavy (non-hydrogen) atoms. The summed E-state index contributed by atoms with van der Waals surface area (Å²) in [6.45, 7) is 1.30. The van der Waals surface area contributed by atoms with E-state index in [-0.39, 0.29) is 15.8 Å². The summed E-state index contributed by atoms with van der Waals surface area (Å²) in [7, 11) is 0. The molecule has 1 aromatic carbocycles. The van der Waals surface area contributed by atoms with Gasteiger partial charge in [0.15, 0.2) is 0 Å². The molecule has 10 heteroatoms. The summed E-state index contributed by atoms with van der Waals surface area (Å²) >= 11 is 0.895. The molecule has 1 aromatic heterocycles. The summed E-state index contributed by atoms with van der Waals surface area (Å²) in [4.78, 5) is 35.3. The smallest absolute Gasteiger partial charge is 0.416 e. The van der Waals surface area contributed by atoms with Gasteiger partial charge < -0.3 is 10.5 Å². The lowest BCUT2D eigenvalue weighted by Gasteiger charge is -2.05. The van der Waals surface area contributed by atoms with Crippen molar-refractivity contribution in [1.29, 1.82) is 0 Å². The first-order valence-electron chi connectivity index (χ1n) is 7.67. The van der Waals surface area contributed by atoms with Crippen molar-refractivity contribution < 1.29 is 27.5 Å². The molecule has 1 heterocycles. The number of ether oxygens (including phenoxy) is 1. The van der Waals surface area contributed by atoms with E-state index in [1.54, 1.807) is 6.92 Å². The lowest BCUT2D eigenvalue weighted by Crippen LogP contribution is -2.36. The molecule has 0 unspecified atom stereocenters. The number of carbonyl (C=O) groups excluding carboxylic acids is 2. The predicted molar refractivity (Wildman–Crippen MR) is 93.1 cm³/mol. The fourth-order valence-electron chi connectivity index (χ4n) is 2.15. The summed E-state index contributed by atoms with van der Waals surface area (Å²) < 4.78 is 43.9. The molecule has 0 fully saturated rings. The zero-order valence-electron chi connectivity index (χ0n) is 14.1. The second-order valence-corrected chi connectivity index (χ2v) is 6.38. The van der Waals surface area contributed by atoms with Crippen LogP contribution in [0.5, 0.6) is 0 Å². The molecular weight excluding hydrogens is 385 g/mol. The number of primary amides is 1. The van der Waals surface area contributed by atoms with Crippen LogP contribution in [-0.4, -0.2) is 23.1 Å². The number of nitrogens with two attached hydrogens (primary N) is 1. The molecule has 0 spiro atoms. The first-order valence-corrected chi connectivity index (χ1v) is 8.49. The van der Waals surface area contributed by atoms with Gasteiger partial charge >= 0.3 is 12.1 Å². The topological polar surface area (TPSA) is 91.4 Å². The maximum absolute atomic E-state index is 12.6. The van der Waals surface area contributed by atoms with E-state index >= 15 is 0 Å². The van der Waals surface area contributed by atoms with E-state index in [1.807, 2.05) is 0 Å². The molecule has 144 valence electrons. The molecule has 0 atom stereocenters. The van der Waals surface area contributed by atoms with E-state index < -0.39 is 35.7 Å². The number of carbonyl (C=O) groups is 2. The van der Waals surface area contributed by atoms with Gasteiger partial charge in [-0.25, -0.2) is 4.79 Å². The number of thiazole rings is 1. The Kier molecular flexibility index (Phi) is 6.21. The maximum atomic E-state index is 12.6. The van der Waals surface area contributed by atoms with Crippen molar-refractivity contribution in [3.63, 3.8) is 0 Å².